The molecule has 0 spiro atoms. The lowest BCUT2D eigenvalue weighted by molar-refractivity contribution is -0.142. The number of carboxylic acids is 1. The van der Waals surface area contributed by atoms with Gasteiger partial charge in [-0.25, -0.2) is 0 Å². The molecule has 0 radical (unpaired) electrons. The number of hydrogen-bond donors (Lipinski definition) is 1. The molecule has 0 aromatic carbocycles. The van der Waals surface area contributed by atoms with E-state index in [1.54, 1.807) is 17.5 Å². The summed E-state index contributed by atoms with van der Waals surface area (Å²) in [6, 6.07) is 6.33. The van der Waals surface area contributed by atoms with Crippen molar-refractivity contribution >= 4 is 29.7 Å². The van der Waals surface area contributed by atoms with Crippen LogP contribution in [0.5, 0.6) is 0 Å². The Morgan fingerprint density at radius 3 is 3.00 bits per heavy atom. The third-order valence-corrected chi connectivity index (χ3v) is 5.13. The summed E-state index contributed by atoms with van der Waals surface area (Å²) in [7, 11) is 0. The Balaban J connectivity index is 0.00000161. The zero-order valence-electron chi connectivity index (χ0n) is 11.6. The van der Waals surface area contributed by atoms with E-state index >= 15 is 0 Å². The van der Waals surface area contributed by atoms with Gasteiger partial charge in [-0.1, -0.05) is 6.07 Å². The smallest absolute Gasteiger partial charge is 0.306 e. The van der Waals surface area contributed by atoms with Crippen molar-refractivity contribution in [3.05, 3.63) is 51.5 Å². The van der Waals surface area contributed by atoms with Gasteiger partial charge in [-0.2, -0.15) is 0 Å². The minimum absolute atomic E-state index is 0. The summed E-state index contributed by atoms with van der Waals surface area (Å²) in [6.07, 6.45) is 8.11. The average Bonchev–Trinajstić information content (AvgIpc) is 2.88. The Kier molecular flexibility index (Phi) is 5.37. The van der Waals surface area contributed by atoms with E-state index in [1.165, 1.54) is 20.9 Å². The highest BCUT2D eigenvalue weighted by molar-refractivity contribution is 7.12. The lowest BCUT2D eigenvalue weighted by atomic mass is 9.89. The van der Waals surface area contributed by atoms with Crippen molar-refractivity contribution in [3.8, 4) is 0 Å². The second-order valence-corrected chi connectivity index (χ2v) is 6.52. The second kappa shape index (κ2) is 7.05. The first-order chi connectivity index (χ1) is 9.72. The maximum absolute atomic E-state index is 11.1. The average molecular weight is 324 g/mol. The zero-order chi connectivity index (χ0) is 13.9. The number of pyridine rings is 1. The highest BCUT2D eigenvalue weighted by Gasteiger charge is 2.25. The molecule has 2 aromatic rings. The van der Waals surface area contributed by atoms with Crippen molar-refractivity contribution in [2.45, 2.75) is 32.1 Å². The Morgan fingerprint density at radius 2 is 2.29 bits per heavy atom. The number of halogens is 1. The summed E-state index contributed by atoms with van der Waals surface area (Å²) in [5, 5.41) is 9.12. The number of carbonyl (C=O) groups is 1. The SMILES string of the molecule is Cl.O=C(O)C1CCc2cc(CCc3cccnc3)sc2C1. The minimum Gasteiger partial charge on any atom is -0.481 e. The van der Waals surface area contributed by atoms with Crippen molar-refractivity contribution in [1.29, 1.82) is 0 Å². The molecule has 1 aliphatic carbocycles. The molecule has 2 heterocycles. The fourth-order valence-electron chi connectivity index (χ4n) is 2.72. The molecule has 3 nitrogen and oxygen atoms in total. The van der Waals surface area contributed by atoms with Crippen LogP contribution in [0.1, 0.15) is 27.3 Å². The number of rotatable bonds is 4. The standard InChI is InChI=1S/C16H17NO2S.ClH/c18-16(19)13-5-4-12-8-14(20-15(12)9-13)6-3-11-2-1-7-17-10-11;/h1-2,7-8,10,13H,3-6,9H2,(H,18,19);1H. The van der Waals surface area contributed by atoms with Crippen LogP contribution in [-0.4, -0.2) is 16.1 Å². The largest absolute Gasteiger partial charge is 0.481 e. The summed E-state index contributed by atoms with van der Waals surface area (Å²) in [5.74, 6) is -0.840. The quantitative estimate of drug-likeness (QED) is 0.936. The van der Waals surface area contributed by atoms with Gasteiger partial charge >= 0.3 is 5.97 Å². The van der Waals surface area contributed by atoms with E-state index in [0.717, 1.165) is 25.7 Å². The van der Waals surface area contributed by atoms with Crippen LogP contribution in [0.15, 0.2) is 30.6 Å². The van der Waals surface area contributed by atoms with Gasteiger partial charge in [0, 0.05) is 22.1 Å². The number of aliphatic carboxylic acids is 1. The number of fused-ring (bicyclic) bond motifs is 1. The van der Waals surface area contributed by atoms with Crippen LogP contribution in [0.4, 0.5) is 0 Å². The Bertz CT molecular complexity index is 612. The lowest BCUT2D eigenvalue weighted by Gasteiger charge is -2.17. The number of nitrogens with zero attached hydrogens (tertiary/aromatic N) is 1. The van der Waals surface area contributed by atoms with Crippen LogP contribution < -0.4 is 0 Å². The molecule has 1 N–H and O–H groups in total. The first-order valence-corrected chi connectivity index (χ1v) is 7.76. The molecule has 5 heteroatoms. The maximum atomic E-state index is 11.1. The molecular weight excluding hydrogens is 306 g/mol. The molecular formula is C16H18ClNO2S. The third kappa shape index (κ3) is 3.83. The van der Waals surface area contributed by atoms with E-state index in [-0.39, 0.29) is 18.3 Å². The number of hydrogen-bond acceptors (Lipinski definition) is 3. The third-order valence-electron chi connectivity index (χ3n) is 3.87. The van der Waals surface area contributed by atoms with Crippen molar-refractivity contribution in [1.82, 2.24) is 4.98 Å². The number of aromatic nitrogens is 1. The second-order valence-electron chi connectivity index (χ2n) is 5.30. The minimum atomic E-state index is -0.652. The summed E-state index contributed by atoms with van der Waals surface area (Å²) in [5.41, 5.74) is 2.62. The first-order valence-electron chi connectivity index (χ1n) is 6.94. The van der Waals surface area contributed by atoms with E-state index in [9.17, 15) is 4.79 Å². The monoisotopic (exact) mass is 323 g/mol. The molecule has 1 atom stereocenters. The Hall–Kier alpha value is -1.39. The van der Waals surface area contributed by atoms with E-state index in [1.807, 2.05) is 12.3 Å². The van der Waals surface area contributed by atoms with Crippen LogP contribution in [0.3, 0.4) is 0 Å². The molecule has 1 unspecified atom stereocenters. The summed E-state index contributed by atoms with van der Waals surface area (Å²) < 4.78 is 0. The van der Waals surface area contributed by atoms with Gasteiger partial charge < -0.3 is 5.11 Å². The van der Waals surface area contributed by atoms with Gasteiger partial charge in [-0.05, 0) is 55.4 Å². The molecule has 2 aromatic heterocycles. The molecule has 3 rings (SSSR count). The Morgan fingerprint density at radius 1 is 1.43 bits per heavy atom. The van der Waals surface area contributed by atoms with Gasteiger partial charge in [-0.15, -0.1) is 23.7 Å². The molecule has 1 aliphatic rings. The van der Waals surface area contributed by atoms with Crippen molar-refractivity contribution in [2.24, 2.45) is 5.92 Å². The maximum Gasteiger partial charge on any atom is 0.306 e. The predicted molar refractivity (Wildman–Crippen MR) is 86.4 cm³/mol. The summed E-state index contributed by atoms with van der Waals surface area (Å²) in [4.78, 5) is 17.9. The molecule has 0 saturated heterocycles. The van der Waals surface area contributed by atoms with Gasteiger partial charge in [0.25, 0.3) is 0 Å². The van der Waals surface area contributed by atoms with E-state index in [4.69, 9.17) is 5.11 Å². The van der Waals surface area contributed by atoms with Crippen LogP contribution in [0, 0.1) is 5.92 Å². The topological polar surface area (TPSA) is 50.2 Å². The van der Waals surface area contributed by atoms with Gasteiger partial charge in [0.1, 0.15) is 0 Å². The molecule has 0 bridgehead atoms. The van der Waals surface area contributed by atoms with E-state index in [2.05, 4.69) is 17.1 Å². The number of carboxylic acid groups (broad SMARTS) is 1. The van der Waals surface area contributed by atoms with Gasteiger partial charge in [0.2, 0.25) is 0 Å². The van der Waals surface area contributed by atoms with Gasteiger partial charge in [0.05, 0.1) is 5.92 Å². The highest BCUT2D eigenvalue weighted by Crippen LogP contribution is 2.33. The van der Waals surface area contributed by atoms with Gasteiger partial charge in [-0.3, -0.25) is 9.78 Å². The molecule has 0 amide bonds. The van der Waals surface area contributed by atoms with Crippen molar-refractivity contribution < 1.29 is 9.90 Å². The molecule has 0 aliphatic heterocycles. The normalized spacial score (nSPS) is 16.9. The first kappa shape index (κ1) is 16.0. The molecule has 0 saturated carbocycles. The van der Waals surface area contributed by atoms with Crippen LogP contribution in [-0.2, 0) is 30.5 Å². The molecule has 0 fully saturated rings. The van der Waals surface area contributed by atoms with Crippen LogP contribution in [0.25, 0.3) is 0 Å². The summed E-state index contributed by atoms with van der Waals surface area (Å²) >= 11 is 1.79. The van der Waals surface area contributed by atoms with Crippen LogP contribution >= 0.6 is 23.7 Å². The zero-order valence-corrected chi connectivity index (χ0v) is 13.3. The predicted octanol–water partition coefficient (Wildman–Crippen LogP) is 3.54. The van der Waals surface area contributed by atoms with Crippen LogP contribution in [0.2, 0.25) is 0 Å². The highest BCUT2D eigenvalue weighted by atomic mass is 35.5. The summed E-state index contributed by atoms with van der Waals surface area (Å²) in [6.45, 7) is 0. The number of thiophene rings is 1. The van der Waals surface area contributed by atoms with E-state index < -0.39 is 5.97 Å². The molecule has 112 valence electrons. The fourth-order valence-corrected chi connectivity index (χ4v) is 4.01. The lowest BCUT2D eigenvalue weighted by Crippen LogP contribution is -2.20. The van der Waals surface area contributed by atoms with Crippen molar-refractivity contribution in [2.75, 3.05) is 0 Å². The van der Waals surface area contributed by atoms with Gasteiger partial charge in [0.15, 0.2) is 0 Å². The molecule has 21 heavy (non-hydrogen) atoms. The van der Waals surface area contributed by atoms with E-state index in [0.29, 0.717) is 6.42 Å². The van der Waals surface area contributed by atoms with Crippen molar-refractivity contribution in [3.63, 3.8) is 0 Å². The fraction of sp³-hybridized carbons (Fsp3) is 0.375. The number of aryl methyl sites for hydroxylation is 3. The Labute approximate surface area is 134 Å².